The summed E-state index contributed by atoms with van der Waals surface area (Å²) in [5.74, 6) is 0.00811. The number of ketones is 1. The van der Waals surface area contributed by atoms with Gasteiger partial charge in [-0.3, -0.25) is 4.79 Å². The topological polar surface area (TPSA) is 17.1 Å². The van der Waals surface area contributed by atoms with Gasteiger partial charge in [0.25, 0.3) is 0 Å². The first-order chi connectivity index (χ1) is 6.99. The summed E-state index contributed by atoms with van der Waals surface area (Å²) in [6.07, 6.45) is 1.08. The fraction of sp³-hybridized carbons (Fsp3) is 0.417. The van der Waals surface area contributed by atoms with Gasteiger partial charge in [-0.2, -0.15) is 0 Å². The molecule has 0 amide bonds. The van der Waals surface area contributed by atoms with Crippen LogP contribution in [0.1, 0.15) is 25.8 Å². The van der Waals surface area contributed by atoms with Crippen molar-refractivity contribution in [2.75, 3.05) is 0 Å². The fourth-order valence-electron chi connectivity index (χ4n) is 1.31. The number of Topliss-reactive ketones (excluding diaryl/α,β-unsaturated/α-hetero) is 1. The second-order valence-corrected chi connectivity index (χ2v) is 4.81. The Morgan fingerprint density at radius 2 is 2.07 bits per heavy atom. The van der Waals surface area contributed by atoms with Gasteiger partial charge in [0.05, 0.1) is 0 Å². The molecule has 1 aromatic carbocycles. The number of hydrogen-bond donors (Lipinski definition) is 0. The predicted molar refractivity (Wildman–Crippen MR) is 62.3 cm³/mol. The maximum absolute atomic E-state index is 13.0. The lowest BCUT2D eigenvalue weighted by Gasteiger charge is -2.04. The van der Waals surface area contributed by atoms with Gasteiger partial charge in [0.1, 0.15) is 11.6 Å². The molecule has 0 fully saturated rings. The summed E-state index contributed by atoms with van der Waals surface area (Å²) >= 11 is 3.22. The first-order valence-corrected chi connectivity index (χ1v) is 5.76. The van der Waals surface area contributed by atoms with Gasteiger partial charge >= 0.3 is 0 Å². The van der Waals surface area contributed by atoms with Crippen LogP contribution in [-0.2, 0) is 11.2 Å². The molecule has 0 bridgehead atoms. The van der Waals surface area contributed by atoms with E-state index in [1.165, 1.54) is 12.1 Å². The third-order valence-electron chi connectivity index (χ3n) is 2.23. The van der Waals surface area contributed by atoms with Crippen LogP contribution in [0.2, 0.25) is 0 Å². The molecule has 0 saturated carbocycles. The van der Waals surface area contributed by atoms with Gasteiger partial charge in [0.15, 0.2) is 0 Å². The Bertz CT molecular complexity index is 340. The zero-order chi connectivity index (χ0) is 11.4. The molecule has 0 N–H and O–H groups in total. The Morgan fingerprint density at radius 3 is 2.60 bits per heavy atom. The van der Waals surface area contributed by atoms with Crippen molar-refractivity contribution >= 4 is 21.7 Å². The zero-order valence-corrected chi connectivity index (χ0v) is 10.5. The number of hydrogen-bond acceptors (Lipinski definition) is 1. The average molecular weight is 273 g/mol. The highest BCUT2D eigenvalue weighted by atomic mass is 79.9. The van der Waals surface area contributed by atoms with Gasteiger partial charge < -0.3 is 0 Å². The van der Waals surface area contributed by atoms with Crippen molar-refractivity contribution in [3.8, 4) is 0 Å². The van der Waals surface area contributed by atoms with E-state index in [-0.39, 0.29) is 17.5 Å². The van der Waals surface area contributed by atoms with Crippen molar-refractivity contribution in [1.82, 2.24) is 0 Å². The van der Waals surface area contributed by atoms with Crippen LogP contribution in [0.4, 0.5) is 4.39 Å². The van der Waals surface area contributed by atoms with Crippen molar-refractivity contribution in [3.63, 3.8) is 0 Å². The highest BCUT2D eigenvalue weighted by molar-refractivity contribution is 9.10. The van der Waals surface area contributed by atoms with E-state index in [0.29, 0.717) is 12.8 Å². The molecule has 0 aromatic heterocycles. The number of rotatable bonds is 4. The molecule has 0 aliphatic rings. The molecule has 0 spiro atoms. The van der Waals surface area contributed by atoms with Crippen molar-refractivity contribution in [1.29, 1.82) is 0 Å². The summed E-state index contributed by atoms with van der Waals surface area (Å²) in [6.45, 7) is 3.76. The van der Waals surface area contributed by atoms with E-state index >= 15 is 0 Å². The minimum Gasteiger partial charge on any atom is -0.299 e. The minimum atomic E-state index is -0.267. The molecule has 0 unspecified atom stereocenters. The van der Waals surface area contributed by atoms with Crippen LogP contribution >= 0.6 is 15.9 Å². The quantitative estimate of drug-likeness (QED) is 0.816. The standard InChI is InChI=1S/C12H14BrFO/c1-8(2)12(15)4-3-9-5-10(13)7-11(14)6-9/h5-8H,3-4H2,1-2H3. The average Bonchev–Trinajstić information content (AvgIpc) is 2.12. The van der Waals surface area contributed by atoms with Gasteiger partial charge in [0.2, 0.25) is 0 Å². The minimum absolute atomic E-state index is 0.0574. The van der Waals surface area contributed by atoms with Crippen molar-refractivity contribution < 1.29 is 9.18 Å². The summed E-state index contributed by atoms with van der Waals surface area (Å²) in [6, 6.07) is 4.73. The molecule has 3 heteroatoms. The first-order valence-electron chi connectivity index (χ1n) is 4.96. The Hall–Kier alpha value is -0.700. The molecule has 1 aromatic rings. The van der Waals surface area contributed by atoms with Crippen molar-refractivity contribution in [2.45, 2.75) is 26.7 Å². The molecular weight excluding hydrogens is 259 g/mol. The predicted octanol–water partition coefficient (Wildman–Crippen LogP) is 3.75. The summed E-state index contributed by atoms with van der Waals surface area (Å²) in [4.78, 5) is 11.4. The summed E-state index contributed by atoms with van der Waals surface area (Å²) in [7, 11) is 0. The Labute approximate surface area is 97.8 Å². The van der Waals surface area contributed by atoms with E-state index in [4.69, 9.17) is 0 Å². The molecule has 82 valence electrons. The van der Waals surface area contributed by atoms with Gasteiger partial charge in [-0.15, -0.1) is 0 Å². The van der Waals surface area contributed by atoms with Crippen molar-refractivity contribution in [2.24, 2.45) is 5.92 Å². The molecule has 0 saturated heterocycles. The third-order valence-corrected chi connectivity index (χ3v) is 2.68. The second-order valence-electron chi connectivity index (χ2n) is 3.90. The Morgan fingerprint density at radius 1 is 1.40 bits per heavy atom. The van der Waals surface area contributed by atoms with Crippen LogP contribution in [0.25, 0.3) is 0 Å². The van der Waals surface area contributed by atoms with Gasteiger partial charge in [-0.05, 0) is 30.2 Å². The van der Waals surface area contributed by atoms with Crippen LogP contribution in [0.3, 0.4) is 0 Å². The molecular formula is C12H14BrFO. The number of benzene rings is 1. The van der Waals surface area contributed by atoms with Crippen molar-refractivity contribution in [3.05, 3.63) is 34.1 Å². The van der Waals surface area contributed by atoms with Crippen LogP contribution in [0.15, 0.2) is 22.7 Å². The highest BCUT2D eigenvalue weighted by Gasteiger charge is 2.07. The van der Waals surface area contributed by atoms with E-state index in [1.54, 1.807) is 0 Å². The lowest BCUT2D eigenvalue weighted by molar-refractivity contribution is -0.121. The largest absolute Gasteiger partial charge is 0.299 e. The number of carbonyl (C=O) groups is 1. The van der Waals surface area contributed by atoms with Crippen LogP contribution < -0.4 is 0 Å². The van der Waals surface area contributed by atoms with Gasteiger partial charge in [-0.1, -0.05) is 29.8 Å². The van der Waals surface area contributed by atoms with Crippen LogP contribution in [-0.4, -0.2) is 5.78 Å². The maximum atomic E-state index is 13.0. The summed E-state index contributed by atoms with van der Waals surface area (Å²) < 4.78 is 13.7. The van der Waals surface area contributed by atoms with E-state index in [9.17, 15) is 9.18 Å². The number of halogens is 2. The fourth-order valence-corrected chi connectivity index (χ4v) is 1.82. The van der Waals surface area contributed by atoms with E-state index in [0.717, 1.165) is 10.0 Å². The second kappa shape index (κ2) is 5.40. The zero-order valence-electron chi connectivity index (χ0n) is 8.89. The molecule has 1 rings (SSSR count). The molecule has 0 aliphatic carbocycles. The molecule has 0 heterocycles. The Kier molecular flexibility index (Phi) is 4.45. The highest BCUT2D eigenvalue weighted by Crippen LogP contribution is 2.16. The van der Waals surface area contributed by atoms with E-state index < -0.39 is 0 Å². The summed E-state index contributed by atoms with van der Waals surface area (Å²) in [5, 5.41) is 0. The SMILES string of the molecule is CC(C)C(=O)CCc1cc(F)cc(Br)c1. The van der Waals surface area contributed by atoms with Crippen LogP contribution in [0, 0.1) is 11.7 Å². The smallest absolute Gasteiger partial charge is 0.135 e. The first kappa shape index (κ1) is 12.4. The van der Waals surface area contributed by atoms with Crippen LogP contribution in [0.5, 0.6) is 0 Å². The van der Waals surface area contributed by atoms with E-state index in [1.807, 2.05) is 19.9 Å². The maximum Gasteiger partial charge on any atom is 0.135 e. The van der Waals surface area contributed by atoms with E-state index in [2.05, 4.69) is 15.9 Å². The molecule has 0 aliphatic heterocycles. The molecule has 15 heavy (non-hydrogen) atoms. The normalized spacial score (nSPS) is 10.7. The van der Waals surface area contributed by atoms with Gasteiger partial charge in [-0.25, -0.2) is 4.39 Å². The molecule has 0 atom stereocenters. The summed E-state index contributed by atoms with van der Waals surface area (Å²) in [5.41, 5.74) is 0.857. The lowest BCUT2D eigenvalue weighted by atomic mass is 10.0. The lowest BCUT2D eigenvalue weighted by Crippen LogP contribution is -2.07. The monoisotopic (exact) mass is 272 g/mol. The van der Waals surface area contributed by atoms with Gasteiger partial charge in [0, 0.05) is 16.8 Å². The number of carbonyl (C=O) groups excluding carboxylic acids is 1. The number of aryl methyl sites for hydroxylation is 1. The Balaban J connectivity index is 2.61. The molecule has 1 nitrogen and oxygen atoms in total. The molecule has 0 radical (unpaired) electrons. The third kappa shape index (κ3) is 4.12.